The van der Waals surface area contributed by atoms with E-state index in [0.29, 0.717) is 16.8 Å². The van der Waals surface area contributed by atoms with Crippen molar-refractivity contribution in [3.8, 4) is 12.1 Å². The summed E-state index contributed by atoms with van der Waals surface area (Å²) in [5, 5.41) is 17.5. The zero-order valence-electron chi connectivity index (χ0n) is 9.50. The van der Waals surface area contributed by atoms with Gasteiger partial charge in [-0.25, -0.2) is 0 Å². The molecule has 2 aromatic rings. The third-order valence-corrected chi connectivity index (χ3v) is 2.59. The molecule has 0 aliphatic rings. The van der Waals surface area contributed by atoms with E-state index in [1.54, 1.807) is 47.2 Å². The largest absolute Gasteiger partial charge is 0.332 e. The fourth-order valence-corrected chi connectivity index (χ4v) is 1.63. The lowest BCUT2D eigenvalue weighted by Crippen LogP contribution is -2.10. The number of nitrogens with zero attached hydrogens (tertiary/aromatic N) is 3. The molecule has 4 nitrogen and oxygen atoms in total. The fourth-order valence-electron chi connectivity index (χ4n) is 1.63. The lowest BCUT2D eigenvalue weighted by molar-refractivity contribution is 0.0972. The maximum atomic E-state index is 12.0. The van der Waals surface area contributed by atoms with Gasteiger partial charge in [0, 0.05) is 11.8 Å². The smallest absolute Gasteiger partial charge is 0.182 e. The van der Waals surface area contributed by atoms with Crippen molar-refractivity contribution in [2.24, 2.45) is 0 Å². The van der Waals surface area contributed by atoms with Crippen LogP contribution in [0.1, 0.15) is 21.6 Å². The van der Waals surface area contributed by atoms with Crippen LogP contribution in [0.4, 0.5) is 0 Å². The fraction of sp³-hybridized carbons (Fsp3) is 0.0714. The van der Waals surface area contributed by atoms with Gasteiger partial charge in [0.25, 0.3) is 0 Å². The molecule has 0 saturated heterocycles. The zero-order valence-corrected chi connectivity index (χ0v) is 9.50. The van der Waals surface area contributed by atoms with Gasteiger partial charge < -0.3 is 4.57 Å². The molecule has 1 heterocycles. The quantitative estimate of drug-likeness (QED) is 0.765. The first-order valence-corrected chi connectivity index (χ1v) is 5.33. The Morgan fingerprint density at radius 3 is 2.44 bits per heavy atom. The summed E-state index contributed by atoms with van der Waals surface area (Å²) in [4.78, 5) is 12.0. The molecular formula is C14H9N3O. The van der Waals surface area contributed by atoms with Crippen LogP contribution in [0.5, 0.6) is 0 Å². The summed E-state index contributed by atoms with van der Waals surface area (Å²) in [6, 6.07) is 13.9. The normalized spacial score (nSPS) is 9.44. The molecule has 0 aliphatic carbocycles. The van der Waals surface area contributed by atoms with Crippen LogP contribution in [0.25, 0.3) is 0 Å². The zero-order chi connectivity index (χ0) is 13.0. The molecular weight excluding hydrogens is 226 g/mol. The first-order chi connectivity index (χ1) is 8.74. The number of carbonyl (C=O) groups is 1. The Kier molecular flexibility index (Phi) is 3.22. The van der Waals surface area contributed by atoms with Crippen LogP contribution in [0, 0.1) is 22.7 Å². The minimum Gasteiger partial charge on any atom is -0.332 e. The highest BCUT2D eigenvalue weighted by atomic mass is 16.1. The minimum absolute atomic E-state index is 0.0906. The van der Waals surface area contributed by atoms with Crippen LogP contribution in [-0.4, -0.2) is 10.4 Å². The summed E-state index contributed by atoms with van der Waals surface area (Å²) in [5.74, 6) is -0.0906. The van der Waals surface area contributed by atoms with E-state index in [0.717, 1.165) is 0 Å². The molecule has 0 saturated carbocycles. The van der Waals surface area contributed by atoms with Gasteiger partial charge >= 0.3 is 0 Å². The highest BCUT2D eigenvalue weighted by Gasteiger charge is 2.08. The van der Waals surface area contributed by atoms with E-state index in [-0.39, 0.29) is 12.3 Å². The van der Waals surface area contributed by atoms with Crippen molar-refractivity contribution in [2.45, 2.75) is 6.54 Å². The molecule has 1 aromatic heterocycles. The van der Waals surface area contributed by atoms with Gasteiger partial charge in [-0.3, -0.25) is 4.79 Å². The summed E-state index contributed by atoms with van der Waals surface area (Å²) < 4.78 is 1.60. The van der Waals surface area contributed by atoms with E-state index in [4.69, 9.17) is 10.5 Å². The number of benzene rings is 1. The highest BCUT2D eigenvalue weighted by Crippen LogP contribution is 2.07. The molecule has 0 N–H and O–H groups in total. The van der Waals surface area contributed by atoms with E-state index < -0.39 is 0 Å². The Morgan fingerprint density at radius 2 is 1.83 bits per heavy atom. The molecule has 0 atom stereocenters. The first kappa shape index (κ1) is 11.6. The molecule has 2 rings (SSSR count). The Balaban J connectivity index is 2.18. The van der Waals surface area contributed by atoms with Crippen LogP contribution in [0.15, 0.2) is 42.6 Å². The number of ketones is 1. The van der Waals surface area contributed by atoms with Crippen LogP contribution >= 0.6 is 0 Å². The molecule has 0 unspecified atom stereocenters. The van der Waals surface area contributed by atoms with Gasteiger partial charge in [-0.15, -0.1) is 0 Å². The number of hydrogen-bond acceptors (Lipinski definition) is 3. The number of aromatic nitrogens is 1. The Labute approximate surface area is 104 Å². The molecule has 86 valence electrons. The molecule has 1 aromatic carbocycles. The van der Waals surface area contributed by atoms with E-state index in [1.165, 1.54) is 0 Å². The molecule has 0 radical (unpaired) electrons. The highest BCUT2D eigenvalue weighted by molar-refractivity contribution is 5.96. The van der Waals surface area contributed by atoms with E-state index in [9.17, 15) is 4.79 Å². The second-order valence-electron chi connectivity index (χ2n) is 3.75. The van der Waals surface area contributed by atoms with Crippen molar-refractivity contribution < 1.29 is 4.79 Å². The van der Waals surface area contributed by atoms with Crippen molar-refractivity contribution in [1.29, 1.82) is 10.5 Å². The molecule has 0 bridgehead atoms. The van der Waals surface area contributed by atoms with Crippen LogP contribution in [0.2, 0.25) is 0 Å². The summed E-state index contributed by atoms with van der Waals surface area (Å²) in [6.07, 6.45) is 1.69. The molecule has 0 fully saturated rings. The van der Waals surface area contributed by atoms with Gasteiger partial charge in [-0.1, -0.05) is 12.1 Å². The maximum absolute atomic E-state index is 12.0. The van der Waals surface area contributed by atoms with E-state index >= 15 is 0 Å². The SMILES string of the molecule is N#Cc1ccc(C(=O)Cn2cccc2C#N)cc1. The Bertz CT molecular complexity index is 654. The molecule has 18 heavy (non-hydrogen) atoms. The average Bonchev–Trinajstić information content (AvgIpc) is 2.86. The number of rotatable bonds is 3. The number of carbonyl (C=O) groups excluding carboxylic acids is 1. The van der Waals surface area contributed by atoms with Gasteiger partial charge in [-0.2, -0.15) is 10.5 Å². The Morgan fingerprint density at radius 1 is 1.11 bits per heavy atom. The molecule has 0 aliphatic heterocycles. The third kappa shape index (κ3) is 2.28. The van der Waals surface area contributed by atoms with Crippen molar-refractivity contribution in [3.05, 3.63) is 59.4 Å². The summed E-state index contributed by atoms with van der Waals surface area (Å²) in [5.41, 5.74) is 1.51. The van der Waals surface area contributed by atoms with E-state index in [1.807, 2.05) is 12.1 Å². The summed E-state index contributed by atoms with van der Waals surface area (Å²) in [6.45, 7) is 0.127. The molecule has 4 heteroatoms. The molecule has 0 amide bonds. The Hall–Kier alpha value is -2.85. The predicted octanol–water partition coefficient (Wildman–Crippen LogP) is 2.11. The van der Waals surface area contributed by atoms with Gasteiger partial charge in [0.2, 0.25) is 0 Å². The van der Waals surface area contributed by atoms with Gasteiger partial charge in [0.15, 0.2) is 5.78 Å². The minimum atomic E-state index is -0.0906. The van der Waals surface area contributed by atoms with Crippen LogP contribution in [0.3, 0.4) is 0 Å². The standard InChI is InChI=1S/C14H9N3O/c15-8-11-3-5-12(6-4-11)14(18)10-17-7-1-2-13(17)9-16/h1-7H,10H2. The maximum Gasteiger partial charge on any atom is 0.182 e. The second-order valence-corrected chi connectivity index (χ2v) is 3.75. The second kappa shape index (κ2) is 4.99. The topological polar surface area (TPSA) is 69.6 Å². The number of hydrogen-bond donors (Lipinski definition) is 0. The van der Waals surface area contributed by atoms with Crippen molar-refractivity contribution in [2.75, 3.05) is 0 Å². The van der Waals surface area contributed by atoms with Gasteiger partial charge in [-0.05, 0) is 24.3 Å². The van der Waals surface area contributed by atoms with Crippen molar-refractivity contribution in [3.63, 3.8) is 0 Å². The van der Waals surface area contributed by atoms with Crippen LogP contribution < -0.4 is 0 Å². The van der Waals surface area contributed by atoms with Crippen molar-refractivity contribution >= 4 is 5.78 Å². The van der Waals surface area contributed by atoms with Crippen LogP contribution in [-0.2, 0) is 6.54 Å². The average molecular weight is 235 g/mol. The lowest BCUT2D eigenvalue weighted by Gasteiger charge is -2.04. The summed E-state index contributed by atoms with van der Waals surface area (Å²) >= 11 is 0. The lowest BCUT2D eigenvalue weighted by atomic mass is 10.1. The monoisotopic (exact) mass is 235 g/mol. The predicted molar refractivity (Wildman–Crippen MR) is 64.6 cm³/mol. The number of Topliss-reactive ketones (excluding diaryl/α,β-unsaturated/α-hetero) is 1. The summed E-state index contributed by atoms with van der Waals surface area (Å²) in [7, 11) is 0. The first-order valence-electron chi connectivity index (χ1n) is 5.33. The van der Waals surface area contributed by atoms with E-state index in [2.05, 4.69) is 0 Å². The molecule has 0 spiro atoms. The third-order valence-electron chi connectivity index (χ3n) is 2.59. The van der Waals surface area contributed by atoms with Gasteiger partial charge in [0.1, 0.15) is 11.8 Å². The number of nitriles is 2. The van der Waals surface area contributed by atoms with Gasteiger partial charge in [0.05, 0.1) is 18.2 Å². The van der Waals surface area contributed by atoms with Crippen molar-refractivity contribution in [1.82, 2.24) is 4.57 Å².